The van der Waals surface area contributed by atoms with Crippen LogP contribution in [-0.4, -0.2) is 42.0 Å². The van der Waals surface area contributed by atoms with Gasteiger partial charge in [0.25, 0.3) is 0 Å². The highest BCUT2D eigenvalue weighted by atomic mass is 35.5. The molecule has 0 aliphatic heterocycles. The molecule has 0 atom stereocenters. The van der Waals surface area contributed by atoms with E-state index >= 15 is 0 Å². The number of alkyl halides is 2. The van der Waals surface area contributed by atoms with Crippen LogP contribution in [0.3, 0.4) is 0 Å². The van der Waals surface area contributed by atoms with Crippen LogP contribution in [0.2, 0.25) is 0 Å². The van der Waals surface area contributed by atoms with Crippen molar-refractivity contribution in [3.63, 3.8) is 0 Å². The molecular weight excluding hydrogens is 587 g/mol. The predicted molar refractivity (Wildman–Crippen MR) is 175 cm³/mol. The molecule has 0 aromatic heterocycles. The van der Waals surface area contributed by atoms with Gasteiger partial charge in [-0.2, -0.15) is 0 Å². The first kappa shape index (κ1) is 45.0. The minimum atomic E-state index is -0.870. The quantitative estimate of drug-likeness (QED) is 0.0412. The number of halogens is 3. The molecule has 248 valence electrons. The molecular formula is C32H63Cl3O6. The van der Waals surface area contributed by atoms with Crippen molar-refractivity contribution in [3.8, 4) is 0 Å². The standard InChI is InChI=1S/C16H31ClO3.C14H30O.C2H2Cl2O2/c1-2-3-4-5-6-7-8-9-10-11-12-13-14-19-16(18)20-15-17;1-2-3-4-5-6-7-8-9-10-11-12-13-14-15;3-1-6-2(4)5/h2-15H2,1H3;15H,2-14H2,1H3;1H2. The summed E-state index contributed by atoms with van der Waals surface area (Å²) in [6.45, 7) is 5.34. The van der Waals surface area contributed by atoms with Crippen molar-refractivity contribution in [2.45, 2.75) is 168 Å². The smallest absolute Gasteiger partial charge is 0.437 e. The zero-order valence-electron chi connectivity index (χ0n) is 26.4. The molecule has 0 rings (SSSR count). The minimum Gasteiger partial charge on any atom is -0.437 e. The van der Waals surface area contributed by atoms with E-state index in [0.29, 0.717) is 13.2 Å². The van der Waals surface area contributed by atoms with Crippen LogP contribution in [0.15, 0.2) is 0 Å². The van der Waals surface area contributed by atoms with E-state index in [9.17, 15) is 9.59 Å². The summed E-state index contributed by atoms with van der Waals surface area (Å²) in [7, 11) is 0. The maximum atomic E-state index is 10.8. The van der Waals surface area contributed by atoms with E-state index in [-0.39, 0.29) is 12.1 Å². The molecule has 41 heavy (non-hydrogen) atoms. The van der Waals surface area contributed by atoms with Gasteiger partial charge in [0, 0.05) is 18.2 Å². The molecule has 0 fully saturated rings. The van der Waals surface area contributed by atoms with Gasteiger partial charge < -0.3 is 19.3 Å². The van der Waals surface area contributed by atoms with Crippen molar-refractivity contribution < 1.29 is 28.9 Å². The first-order chi connectivity index (χ1) is 20.0. The molecule has 0 unspecified atom stereocenters. The summed E-state index contributed by atoms with van der Waals surface area (Å²) in [5.41, 5.74) is -0.870. The molecule has 0 aromatic rings. The SMILES string of the molecule is CCCCCCCCCCCCCCO.CCCCCCCCCCCCCCOC(=O)OCCl.O=C(Cl)OCCl. The zero-order valence-corrected chi connectivity index (χ0v) is 28.7. The highest BCUT2D eigenvalue weighted by Crippen LogP contribution is 2.13. The Kier molecular flexibility index (Phi) is 48.3. The summed E-state index contributed by atoms with van der Waals surface area (Å²) >= 11 is 14.7. The second-order valence-electron chi connectivity index (χ2n) is 10.3. The number of unbranched alkanes of at least 4 members (excludes halogenated alkanes) is 22. The van der Waals surface area contributed by atoms with Crippen molar-refractivity contribution >= 4 is 46.4 Å². The molecule has 1 N–H and O–H groups in total. The molecule has 0 heterocycles. The molecule has 0 aromatic carbocycles. The lowest BCUT2D eigenvalue weighted by molar-refractivity contribution is 0.0664. The molecule has 0 radical (unpaired) electrons. The Morgan fingerprint density at radius 3 is 1.07 bits per heavy atom. The highest BCUT2D eigenvalue weighted by Gasteiger charge is 2.01. The fourth-order valence-electron chi connectivity index (χ4n) is 4.18. The van der Waals surface area contributed by atoms with E-state index < -0.39 is 11.6 Å². The third-order valence-electron chi connectivity index (χ3n) is 6.57. The van der Waals surface area contributed by atoms with Crippen LogP contribution in [0, 0.1) is 0 Å². The Morgan fingerprint density at radius 1 is 0.488 bits per heavy atom. The van der Waals surface area contributed by atoms with E-state index in [1.165, 1.54) is 135 Å². The zero-order chi connectivity index (χ0) is 31.1. The largest absolute Gasteiger partial charge is 0.509 e. The van der Waals surface area contributed by atoms with Crippen LogP contribution in [0.25, 0.3) is 0 Å². The Labute approximate surface area is 267 Å². The van der Waals surface area contributed by atoms with Crippen LogP contribution >= 0.6 is 34.8 Å². The Hall–Kier alpha value is -0.430. The average molecular weight is 650 g/mol. The number of aliphatic hydroxyl groups excluding tert-OH is 1. The van der Waals surface area contributed by atoms with Crippen LogP contribution in [0.4, 0.5) is 9.59 Å². The van der Waals surface area contributed by atoms with E-state index in [0.717, 1.165) is 19.3 Å². The molecule has 0 bridgehead atoms. The Bertz CT molecular complexity index is 486. The second-order valence-corrected chi connectivity index (χ2v) is 11.1. The topological polar surface area (TPSA) is 82.1 Å². The lowest BCUT2D eigenvalue weighted by atomic mass is 10.1. The van der Waals surface area contributed by atoms with Gasteiger partial charge in [0.2, 0.25) is 0 Å². The fraction of sp³-hybridized carbons (Fsp3) is 0.938. The normalized spacial score (nSPS) is 10.2. The number of aliphatic hydroxyl groups is 1. The summed E-state index contributed by atoms with van der Waals surface area (Å²) in [5, 5.41) is 8.61. The summed E-state index contributed by atoms with van der Waals surface area (Å²) in [5.74, 6) is 0. The number of rotatable bonds is 27. The second kappa shape index (κ2) is 44.0. The number of hydrogen-bond donors (Lipinski definition) is 1. The predicted octanol–water partition coefficient (Wildman–Crippen LogP) is 12.3. The Balaban J connectivity index is -0.000000603. The van der Waals surface area contributed by atoms with Gasteiger partial charge in [0.15, 0.2) is 12.1 Å². The van der Waals surface area contributed by atoms with Crippen LogP contribution in [0.5, 0.6) is 0 Å². The van der Waals surface area contributed by atoms with E-state index in [1.54, 1.807) is 0 Å². The summed E-state index contributed by atoms with van der Waals surface area (Å²) in [4.78, 5) is 20.3. The van der Waals surface area contributed by atoms with Gasteiger partial charge in [0.05, 0.1) is 6.61 Å². The first-order valence-electron chi connectivity index (χ1n) is 16.3. The molecule has 0 aliphatic carbocycles. The van der Waals surface area contributed by atoms with E-state index in [1.807, 2.05) is 0 Å². The highest BCUT2D eigenvalue weighted by molar-refractivity contribution is 6.61. The Morgan fingerprint density at radius 2 is 0.805 bits per heavy atom. The van der Waals surface area contributed by atoms with Gasteiger partial charge in [-0.3, -0.25) is 0 Å². The molecule has 0 aliphatic rings. The number of hydrogen-bond acceptors (Lipinski definition) is 6. The lowest BCUT2D eigenvalue weighted by Crippen LogP contribution is -2.07. The average Bonchev–Trinajstić information content (AvgIpc) is 2.95. The van der Waals surface area contributed by atoms with Crippen molar-refractivity contribution in [3.05, 3.63) is 0 Å². The summed E-state index contributed by atoms with van der Waals surface area (Å²) in [6, 6.07) is -0.320. The van der Waals surface area contributed by atoms with E-state index in [4.69, 9.17) is 33.0 Å². The molecule has 0 spiro atoms. The molecule has 6 nitrogen and oxygen atoms in total. The van der Waals surface area contributed by atoms with Gasteiger partial charge in [-0.15, -0.1) is 0 Å². The lowest BCUT2D eigenvalue weighted by Gasteiger charge is -2.04. The summed E-state index contributed by atoms with van der Waals surface area (Å²) in [6.07, 6.45) is 31.1. The van der Waals surface area contributed by atoms with Gasteiger partial charge in [-0.05, 0) is 12.8 Å². The van der Waals surface area contributed by atoms with Crippen LogP contribution in [-0.2, 0) is 14.2 Å². The number of ether oxygens (including phenoxy) is 3. The molecule has 0 saturated carbocycles. The van der Waals surface area contributed by atoms with Gasteiger partial charge in [-0.1, -0.05) is 178 Å². The van der Waals surface area contributed by atoms with Crippen LogP contribution < -0.4 is 0 Å². The van der Waals surface area contributed by atoms with Gasteiger partial charge in [0.1, 0.15) is 0 Å². The molecule has 9 heteroatoms. The van der Waals surface area contributed by atoms with Crippen LogP contribution in [0.1, 0.15) is 168 Å². The monoisotopic (exact) mass is 648 g/mol. The number of carbonyl (C=O) groups excluding carboxylic acids is 2. The van der Waals surface area contributed by atoms with Crippen molar-refractivity contribution in [1.29, 1.82) is 0 Å². The first-order valence-corrected chi connectivity index (χ1v) is 17.8. The van der Waals surface area contributed by atoms with Gasteiger partial charge >= 0.3 is 11.6 Å². The van der Waals surface area contributed by atoms with Crippen molar-refractivity contribution in [1.82, 2.24) is 0 Å². The third-order valence-corrected chi connectivity index (χ3v) is 6.90. The van der Waals surface area contributed by atoms with E-state index in [2.05, 4.69) is 34.9 Å². The fourth-order valence-corrected chi connectivity index (χ4v) is 4.48. The maximum absolute atomic E-state index is 10.8. The summed E-state index contributed by atoms with van der Waals surface area (Å²) < 4.78 is 13.2. The molecule has 0 amide bonds. The van der Waals surface area contributed by atoms with Crippen molar-refractivity contribution in [2.24, 2.45) is 0 Å². The number of carbonyl (C=O) groups is 2. The third kappa shape index (κ3) is 52.7. The maximum Gasteiger partial charge on any atom is 0.509 e. The van der Waals surface area contributed by atoms with Gasteiger partial charge in [-0.25, -0.2) is 9.59 Å². The van der Waals surface area contributed by atoms with Crippen molar-refractivity contribution in [2.75, 3.05) is 25.3 Å². The molecule has 0 saturated heterocycles. The minimum absolute atomic E-state index is 0.142.